The number of likely N-dealkylation sites (tertiary alicyclic amines) is 1. The van der Waals surface area contributed by atoms with Gasteiger partial charge in [-0.1, -0.05) is 18.2 Å². The van der Waals surface area contributed by atoms with Crippen LogP contribution in [0.5, 0.6) is 0 Å². The summed E-state index contributed by atoms with van der Waals surface area (Å²) in [5, 5.41) is 0. The van der Waals surface area contributed by atoms with Crippen molar-refractivity contribution < 1.29 is 4.39 Å². The first-order chi connectivity index (χ1) is 8.72. The van der Waals surface area contributed by atoms with Gasteiger partial charge in [0.15, 0.2) is 0 Å². The summed E-state index contributed by atoms with van der Waals surface area (Å²) in [6.45, 7) is 4.97. The highest BCUT2D eigenvalue weighted by atomic mass is 35.5. The van der Waals surface area contributed by atoms with Gasteiger partial charge in [0.05, 0.1) is 0 Å². The van der Waals surface area contributed by atoms with Gasteiger partial charge in [0.1, 0.15) is 5.82 Å². The summed E-state index contributed by atoms with van der Waals surface area (Å²) < 4.78 is 13.8. The minimum Gasteiger partial charge on any atom is -0.330 e. The highest BCUT2D eigenvalue weighted by Gasteiger charge is 2.25. The van der Waals surface area contributed by atoms with Crippen molar-refractivity contribution in [1.29, 1.82) is 0 Å². The third-order valence-electron chi connectivity index (χ3n) is 4.03. The molecule has 1 aliphatic rings. The Morgan fingerprint density at radius 1 is 1.42 bits per heavy atom. The van der Waals surface area contributed by atoms with Gasteiger partial charge in [-0.3, -0.25) is 4.90 Å². The maximum Gasteiger partial charge on any atom is 0.127 e. The molecule has 1 heterocycles. The summed E-state index contributed by atoms with van der Waals surface area (Å²) in [5.41, 5.74) is 6.45. The highest BCUT2D eigenvalue weighted by molar-refractivity contribution is 5.85. The van der Waals surface area contributed by atoms with Gasteiger partial charge in [-0.15, -0.1) is 12.4 Å². The van der Waals surface area contributed by atoms with Crippen molar-refractivity contribution in [3.63, 3.8) is 0 Å². The Morgan fingerprint density at radius 3 is 2.84 bits per heavy atom. The van der Waals surface area contributed by atoms with Crippen LogP contribution in [0.2, 0.25) is 0 Å². The van der Waals surface area contributed by atoms with E-state index in [1.807, 2.05) is 12.1 Å². The average molecular weight is 287 g/mol. The molecule has 0 spiro atoms. The van der Waals surface area contributed by atoms with E-state index in [1.54, 1.807) is 12.1 Å². The lowest BCUT2D eigenvalue weighted by Crippen LogP contribution is -2.38. The summed E-state index contributed by atoms with van der Waals surface area (Å²) in [6, 6.07) is 7.27. The topological polar surface area (TPSA) is 29.3 Å². The first-order valence-corrected chi connectivity index (χ1v) is 6.91. The minimum absolute atomic E-state index is 0. The maximum absolute atomic E-state index is 13.8. The SMILES string of the molecule is CC(c1ccccc1F)N1CCCC(CCN)C1.Cl. The van der Waals surface area contributed by atoms with Crippen molar-refractivity contribution in [1.82, 2.24) is 4.90 Å². The lowest BCUT2D eigenvalue weighted by Gasteiger charge is -2.37. The molecule has 2 N–H and O–H groups in total. The van der Waals surface area contributed by atoms with Crippen LogP contribution in [-0.4, -0.2) is 24.5 Å². The number of benzene rings is 1. The molecule has 0 radical (unpaired) electrons. The summed E-state index contributed by atoms with van der Waals surface area (Å²) >= 11 is 0. The summed E-state index contributed by atoms with van der Waals surface area (Å²) in [7, 11) is 0. The molecule has 1 aliphatic heterocycles. The fraction of sp³-hybridized carbons (Fsp3) is 0.600. The van der Waals surface area contributed by atoms with Crippen molar-refractivity contribution >= 4 is 12.4 Å². The van der Waals surface area contributed by atoms with Gasteiger partial charge in [-0.2, -0.15) is 0 Å². The molecule has 0 saturated carbocycles. The second-order valence-corrected chi connectivity index (χ2v) is 5.28. The zero-order valence-corrected chi connectivity index (χ0v) is 12.3. The van der Waals surface area contributed by atoms with Crippen LogP contribution >= 0.6 is 12.4 Å². The van der Waals surface area contributed by atoms with E-state index in [2.05, 4.69) is 11.8 Å². The van der Waals surface area contributed by atoms with Crippen LogP contribution in [0.25, 0.3) is 0 Å². The molecule has 1 saturated heterocycles. The molecule has 2 unspecified atom stereocenters. The molecular weight excluding hydrogens is 263 g/mol. The van der Waals surface area contributed by atoms with Crippen molar-refractivity contribution in [2.45, 2.75) is 32.2 Å². The number of nitrogens with two attached hydrogens (primary N) is 1. The first-order valence-electron chi connectivity index (χ1n) is 6.91. The van der Waals surface area contributed by atoms with E-state index >= 15 is 0 Å². The maximum atomic E-state index is 13.8. The minimum atomic E-state index is -0.0917. The zero-order valence-electron chi connectivity index (χ0n) is 11.5. The predicted molar refractivity (Wildman–Crippen MR) is 80.0 cm³/mol. The number of piperidine rings is 1. The van der Waals surface area contributed by atoms with Crippen LogP contribution in [0.3, 0.4) is 0 Å². The standard InChI is InChI=1S/C15H23FN2.ClH/c1-12(14-6-2-3-7-15(14)16)18-10-4-5-13(11-18)8-9-17;/h2-3,6-7,12-13H,4-5,8-11,17H2,1H3;1H. The Hall–Kier alpha value is -0.640. The molecule has 2 rings (SSSR count). The molecule has 0 aliphatic carbocycles. The molecule has 0 amide bonds. The number of hydrogen-bond acceptors (Lipinski definition) is 2. The molecule has 1 fully saturated rings. The highest BCUT2D eigenvalue weighted by Crippen LogP contribution is 2.28. The van der Waals surface area contributed by atoms with Gasteiger partial charge >= 0.3 is 0 Å². The second kappa shape index (κ2) is 7.83. The van der Waals surface area contributed by atoms with Crippen LogP contribution in [0.4, 0.5) is 4.39 Å². The van der Waals surface area contributed by atoms with Crippen LogP contribution in [0.15, 0.2) is 24.3 Å². The van der Waals surface area contributed by atoms with Crippen LogP contribution in [0.1, 0.15) is 37.8 Å². The Labute approximate surface area is 121 Å². The Balaban J connectivity index is 0.00000180. The van der Waals surface area contributed by atoms with Gasteiger partial charge in [-0.05, 0) is 51.3 Å². The molecule has 4 heteroatoms. The number of halogens is 2. The molecule has 2 atom stereocenters. The van der Waals surface area contributed by atoms with Crippen molar-refractivity contribution in [3.05, 3.63) is 35.6 Å². The van der Waals surface area contributed by atoms with E-state index in [-0.39, 0.29) is 24.3 Å². The smallest absolute Gasteiger partial charge is 0.127 e. The van der Waals surface area contributed by atoms with E-state index in [0.717, 1.165) is 31.6 Å². The quantitative estimate of drug-likeness (QED) is 0.919. The molecule has 2 nitrogen and oxygen atoms in total. The van der Waals surface area contributed by atoms with E-state index in [0.29, 0.717) is 5.92 Å². The fourth-order valence-electron chi connectivity index (χ4n) is 2.93. The molecular formula is C15H24ClFN2. The van der Waals surface area contributed by atoms with Gasteiger partial charge in [0, 0.05) is 18.2 Å². The summed E-state index contributed by atoms with van der Waals surface area (Å²) in [6.07, 6.45) is 3.54. The number of rotatable bonds is 4. The molecule has 1 aromatic rings. The lowest BCUT2D eigenvalue weighted by molar-refractivity contribution is 0.126. The molecule has 108 valence electrons. The van der Waals surface area contributed by atoms with Crippen LogP contribution in [0, 0.1) is 11.7 Å². The third-order valence-corrected chi connectivity index (χ3v) is 4.03. The van der Waals surface area contributed by atoms with E-state index < -0.39 is 0 Å². The Morgan fingerprint density at radius 2 is 2.16 bits per heavy atom. The molecule has 0 bridgehead atoms. The fourth-order valence-corrected chi connectivity index (χ4v) is 2.93. The van der Waals surface area contributed by atoms with E-state index in [9.17, 15) is 4.39 Å². The van der Waals surface area contributed by atoms with Crippen molar-refractivity contribution in [2.24, 2.45) is 11.7 Å². The van der Waals surface area contributed by atoms with Gasteiger partial charge in [-0.25, -0.2) is 4.39 Å². The summed E-state index contributed by atoms with van der Waals surface area (Å²) in [4.78, 5) is 2.39. The van der Waals surface area contributed by atoms with Crippen LogP contribution < -0.4 is 5.73 Å². The third kappa shape index (κ3) is 4.16. The largest absolute Gasteiger partial charge is 0.330 e. The van der Waals surface area contributed by atoms with Crippen LogP contribution in [-0.2, 0) is 0 Å². The monoisotopic (exact) mass is 286 g/mol. The first kappa shape index (κ1) is 16.4. The number of nitrogens with zero attached hydrogens (tertiary/aromatic N) is 1. The molecule has 1 aromatic carbocycles. The average Bonchev–Trinajstić information content (AvgIpc) is 2.39. The Kier molecular flexibility index (Phi) is 6.76. The predicted octanol–water partition coefficient (Wildman–Crippen LogP) is 3.37. The Bertz CT molecular complexity index is 384. The van der Waals surface area contributed by atoms with Gasteiger partial charge < -0.3 is 5.73 Å². The normalized spacial score (nSPS) is 21.7. The second-order valence-electron chi connectivity index (χ2n) is 5.28. The summed E-state index contributed by atoms with van der Waals surface area (Å²) in [5.74, 6) is 0.587. The molecule has 0 aromatic heterocycles. The van der Waals surface area contributed by atoms with E-state index in [4.69, 9.17) is 5.73 Å². The number of hydrogen-bond donors (Lipinski definition) is 1. The lowest BCUT2D eigenvalue weighted by atomic mass is 9.92. The van der Waals surface area contributed by atoms with Gasteiger partial charge in [0.25, 0.3) is 0 Å². The van der Waals surface area contributed by atoms with Crippen molar-refractivity contribution in [2.75, 3.05) is 19.6 Å². The van der Waals surface area contributed by atoms with Gasteiger partial charge in [0.2, 0.25) is 0 Å². The van der Waals surface area contributed by atoms with Crippen molar-refractivity contribution in [3.8, 4) is 0 Å². The molecule has 19 heavy (non-hydrogen) atoms. The van der Waals surface area contributed by atoms with E-state index in [1.165, 1.54) is 12.8 Å². The zero-order chi connectivity index (χ0) is 13.0.